The lowest BCUT2D eigenvalue weighted by Crippen LogP contribution is -2.47. The summed E-state index contributed by atoms with van der Waals surface area (Å²) in [7, 11) is 1.66. The average Bonchev–Trinajstić information content (AvgIpc) is 2.37. The van der Waals surface area contributed by atoms with Gasteiger partial charge in [0.1, 0.15) is 11.5 Å². The molecule has 1 fully saturated rings. The zero-order valence-electron chi connectivity index (χ0n) is 11.2. The molecule has 0 saturated carbocycles. The Bertz CT molecular complexity index is 504. The number of rotatable bonds is 2. The molecule has 1 aromatic carbocycles. The number of piperidine rings is 1. The highest BCUT2D eigenvalue weighted by Gasteiger charge is 2.32. The van der Waals surface area contributed by atoms with Gasteiger partial charge in [-0.1, -0.05) is 6.92 Å². The molecule has 0 amide bonds. The molecule has 104 valence electrons. The molecule has 2 rings (SSSR count). The third-order valence-corrected chi connectivity index (χ3v) is 5.11. The van der Waals surface area contributed by atoms with Gasteiger partial charge in [-0.2, -0.15) is 0 Å². The van der Waals surface area contributed by atoms with Crippen LogP contribution < -0.4 is 9.64 Å². The van der Waals surface area contributed by atoms with Crippen molar-refractivity contribution >= 4 is 43.3 Å². The zero-order valence-corrected chi connectivity index (χ0v) is 14.4. The molecule has 0 spiro atoms. The van der Waals surface area contributed by atoms with E-state index < -0.39 is 0 Å². The third kappa shape index (κ3) is 2.82. The van der Waals surface area contributed by atoms with Crippen molar-refractivity contribution in [3.05, 3.63) is 21.1 Å². The van der Waals surface area contributed by atoms with Gasteiger partial charge in [0, 0.05) is 35.5 Å². The van der Waals surface area contributed by atoms with Crippen molar-refractivity contribution in [3.63, 3.8) is 0 Å². The lowest BCUT2D eigenvalue weighted by molar-refractivity contribution is -0.123. The van der Waals surface area contributed by atoms with Crippen molar-refractivity contribution in [3.8, 4) is 5.75 Å². The van der Waals surface area contributed by atoms with Crippen LogP contribution in [0.2, 0.25) is 0 Å². The predicted molar refractivity (Wildman–Crippen MR) is 84.0 cm³/mol. The summed E-state index contributed by atoms with van der Waals surface area (Å²) in [5.74, 6) is 1.22. The molecule has 2 unspecified atom stereocenters. The molecule has 0 aromatic heterocycles. The molecule has 5 heteroatoms. The number of methoxy groups -OCH3 is 1. The van der Waals surface area contributed by atoms with Gasteiger partial charge in [0.25, 0.3) is 0 Å². The number of halogens is 2. The normalized spacial score (nSPS) is 23.6. The van der Waals surface area contributed by atoms with E-state index in [1.807, 2.05) is 19.1 Å². The second-order valence-corrected chi connectivity index (χ2v) is 6.59. The lowest BCUT2D eigenvalue weighted by atomic mass is 9.90. The fraction of sp³-hybridized carbons (Fsp3) is 0.500. The van der Waals surface area contributed by atoms with Crippen LogP contribution in [0.3, 0.4) is 0 Å². The molecule has 1 heterocycles. The van der Waals surface area contributed by atoms with Gasteiger partial charge < -0.3 is 9.64 Å². The summed E-state index contributed by atoms with van der Waals surface area (Å²) in [5, 5.41) is 0. The van der Waals surface area contributed by atoms with Gasteiger partial charge >= 0.3 is 0 Å². The Hall–Kier alpha value is -0.550. The topological polar surface area (TPSA) is 29.5 Å². The highest BCUT2D eigenvalue weighted by Crippen LogP contribution is 2.39. The van der Waals surface area contributed by atoms with E-state index in [2.05, 4.69) is 43.7 Å². The van der Waals surface area contributed by atoms with Crippen LogP contribution in [0.15, 0.2) is 21.1 Å². The van der Waals surface area contributed by atoms with Gasteiger partial charge in [0.15, 0.2) is 0 Å². The van der Waals surface area contributed by atoms with Crippen LogP contribution in [0, 0.1) is 5.92 Å². The van der Waals surface area contributed by atoms with Crippen molar-refractivity contribution in [2.24, 2.45) is 5.92 Å². The molecule has 1 aliphatic rings. The van der Waals surface area contributed by atoms with Gasteiger partial charge in [0.05, 0.1) is 17.3 Å². The van der Waals surface area contributed by atoms with E-state index in [0.717, 1.165) is 26.9 Å². The summed E-state index contributed by atoms with van der Waals surface area (Å²) >= 11 is 7.07. The van der Waals surface area contributed by atoms with Gasteiger partial charge in [-0.05, 0) is 44.8 Å². The first-order valence-electron chi connectivity index (χ1n) is 6.28. The molecule has 1 aromatic rings. The fourth-order valence-corrected chi connectivity index (χ4v) is 3.82. The molecular weight excluding hydrogens is 374 g/mol. The molecule has 0 aliphatic carbocycles. The van der Waals surface area contributed by atoms with Crippen LogP contribution in [-0.4, -0.2) is 25.5 Å². The summed E-state index contributed by atoms with van der Waals surface area (Å²) in [4.78, 5) is 14.0. The fourth-order valence-electron chi connectivity index (χ4n) is 2.44. The first-order chi connectivity index (χ1) is 8.95. The minimum atomic E-state index is 0.0651. The summed E-state index contributed by atoms with van der Waals surface area (Å²) in [6.07, 6.45) is 0.607. The Labute approximate surface area is 130 Å². The first kappa shape index (κ1) is 14.9. The lowest BCUT2D eigenvalue weighted by Gasteiger charge is -2.39. The van der Waals surface area contributed by atoms with Crippen LogP contribution in [0.5, 0.6) is 5.75 Å². The van der Waals surface area contributed by atoms with Crippen molar-refractivity contribution in [2.45, 2.75) is 26.3 Å². The molecule has 1 saturated heterocycles. The quantitative estimate of drug-likeness (QED) is 0.763. The summed E-state index contributed by atoms with van der Waals surface area (Å²) in [6, 6.07) is 4.19. The van der Waals surface area contributed by atoms with Crippen molar-refractivity contribution in [1.29, 1.82) is 0 Å². The van der Waals surface area contributed by atoms with E-state index in [4.69, 9.17) is 4.74 Å². The molecule has 0 radical (unpaired) electrons. The maximum Gasteiger partial charge on any atom is 0.139 e. The van der Waals surface area contributed by atoms with Crippen LogP contribution in [0.1, 0.15) is 20.3 Å². The van der Waals surface area contributed by atoms with Crippen molar-refractivity contribution < 1.29 is 9.53 Å². The number of hydrogen-bond acceptors (Lipinski definition) is 3. The number of Topliss-reactive ketones (excluding diaryl/α,β-unsaturated/α-hetero) is 1. The van der Waals surface area contributed by atoms with E-state index in [1.165, 1.54) is 0 Å². The third-order valence-electron chi connectivity index (χ3n) is 3.85. The minimum Gasteiger partial charge on any atom is -0.495 e. The van der Waals surface area contributed by atoms with E-state index >= 15 is 0 Å². The largest absolute Gasteiger partial charge is 0.495 e. The number of carbonyl (C=O) groups excluding carboxylic acids is 1. The molecule has 19 heavy (non-hydrogen) atoms. The van der Waals surface area contributed by atoms with Gasteiger partial charge in [-0.15, -0.1) is 0 Å². The highest BCUT2D eigenvalue weighted by atomic mass is 79.9. The highest BCUT2D eigenvalue weighted by molar-refractivity contribution is 9.11. The van der Waals surface area contributed by atoms with E-state index in [9.17, 15) is 4.79 Å². The van der Waals surface area contributed by atoms with Crippen LogP contribution in [-0.2, 0) is 4.79 Å². The molecule has 1 aliphatic heterocycles. The Kier molecular flexibility index (Phi) is 4.56. The van der Waals surface area contributed by atoms with E-state index in [0.29, 0.717) is 12.2 Å². The van der Waals surface area contributed by atoms with Crippen LogP contribution >= 0.6 is 31.9 Å². The van der Waals surface area contributed by atoms with Crippen LogP contribution in [0.4, 0.5) is 5.69 Å². The average molecular weight is 391 g/mol. The minimum absolute atomic E-state index is 0.0651. The van der Waals surface area contributed by atoms with Crippen molar-refractivity contribution in [2.75, 3.05) is 18.6 Å². The van der Waals surface area contributed by atoms with Crippen LogP contribution in [0.25, 0.3) is 0 Å². The monoisotopic (exact) mass is 389 g/mol. The molecule has 0 N–H and O–H groups in total. The second kappa shape index (κ2) is 5.83. The zero-order chi connectivity index (χ0) is 14.2. The summed E-state index contributed by atoms with van der Waals surface area (Å²) in [6.45, 7) is 4.86. The van der Waals surface area contributed by atoms with E-state index in [-0.39, 0.29) is 12.0 Å². The van der Waals surface area contributed by atoms with Gasteiger partial charge in [0.2, 0.25) is 0 Å². The second-order valence-electron chi connectivity index (χ2n) is 4.88. The van der Waals surface area contributed by atoms with Crippen molar-refractivity contribution in [1.82, 2.24) is 0 Å². The SMILES string of the molecule is COc1cc(N2CCC(=O)C(C)C2C)c(Br)cc1Br. The number of ketones is 1. The maximum absolute atomic E-state index is 11.8. The molecule has 0 bridgehead atoms. The Morgan fingerprint density at radius 3 is 2.58 bits per heavy atom. The molecular formula is C14H17Br2NO2. The Morgan fingerprint density at radius 2 is 1.95 bits per heavy atom. The summed E-state index contributed by atoms with van der Waals surface area (Å²) in [5.41, 5.74) is 1.08. The first-order valence-corrected chi connectivity index (χ1v) is 7.86. The maximum atomic E-state index is 11.8. The Morgan fingerprint density at radius 1 is 1.26 bits per heavy atom. The summed E-state index contributed by atoms with van der Waals surface area (Å²) < 4.78 is 7.28. The van der Waals surface area contributed by atoms with Gasteiger partial charge in [-0.3, -0.25) is 4.79 Å². The standard InChI is InChI=1S/C14H17Br2NO2/c1-8-9(2)17(5-4-13(8)18)12-7-14(19-3)11(16)6-10(12)15/h6-9H,4-5H2,1-3H3. The number of anilines is 1. The number of hydrogen-bond donors (Lipinski definition) is 0. The molecule has 2 atom stereocenters. The number of benzene rings is 1. The predicted octanol–water partition coefficient (Wildman–Crippen LogP) is 4.02. The number of ether oxygens (including phenoxy) is 1. The van der Waals surface area contributed by atoms with E-state index in [1.54, 1.807) is 7.11 Å². The number of nitrogens with zero attached hydrogens (tertiary/aromatic N) is 1. The number of carbonyl (C=O) groups is 1. The molecule has 3 nitrogen and oxygen atoms in total. The van der Waals surface area contributed by atoms with Gasteiger partial charge in [-0.25, -0.2) is 0 Å². The smallest absolute Gasteiger partial charge is 0.139 e. The Balaban J connectivity index is 2.39.